The number of aliphatic imine (C=N–C) groups is 1. The Hall–Kier alpha value is -3.45. The molecule has 0 N–H and O–H groups in total. The smallest absolute Gasteiger partial charge is 0.117 e. The van der Waals surface area contributed by atoms with E-state index in [-0.39, 0.29) is 0 Å². The molecule has 0 aliphatic carbocycles. The van der Waals surface area contributed by atoms with E-state index in [4.69, 9.17) is 21.6 Å². The second-order valence-corrected chi connectivity index (χ2v) is 12.0. The Labute approximate surface area is 238 Å². The number of hydrogen-bond donors (Lipinski definition) is 0. The van der Waals surface area contributed by atoms with Crippen molar-refractivity contribution in [3.63, 3.8) is 0 Å². The molecule has 186 valence electrons. The predicted octanol–water partition coefficient (Wildman–Crippen LogP) is 8.93. The van der Waals surface area contributed by atoms with E-state index in [1.54, 1.807) is 11.3 Å². The lowest BCUT2D eigenvalue weighted by atomic mass is 10.0. The van der Waals surface area contributed by atoms with Gasteiger partial charge in [-0.05, 0) is 89.0 Å². The summed E-state index contributed by atoms with van der Waals surface area (Å²) in [6.07, 6.45) is 6.06. The number of aromatic nitrogens is 1. The molecular formula is C31H22BrClN4S. The number of rotatable bonds is 4. The molecule has 0 fully saturated rings. The van der Waals surface area contributed by atoms with Crippen molar-refractivity contribution in [2.45, 2.75) is 13.1 Å². The van der Waals surface area contributed by atoms with Crippen LogP contribution in [0.4, 0.5) is 17.1 Å². The molecule has 2 aliphatic heterocycles. The van der Waals surface area contributed by atoms with Gasteiger partial charge in [-0.1, -0.05) is 51.8 Å². The first-order valence-corrected chi connectivity index (χ1v) is 14.4. The zero-order chi connectivity index (χ0) is 25.6. The lowest BCUT2D eigenvalue weighted by Gasteiger charge is -2.44. The van der Waals surface area contributed by atoms with Crippen molar-refractivity contribution < 1.29 is 0 Å². The first kappa shape index (κ1) is 23.7. The second-order valence-electron chi connectivity index (χ2n) is 9.55. The molecule has 5 aromatic rings. The highest BCUT2D eigenvalue weighted by Gasteiger charge is 2.29. The summed E-state index contributed by atoms with van der Waals surface area (Å²) < 4.78 is 2.26. The Kier molecular flexibility index (Phi) is 6.03. The molecule has 2 bridgehead atoms. The van der Waals surface area contributed by atoms with Gasteiger partial charge in [-0.3, -0.25) is 4.99 Å². The first-order chi connectivity index (χ1) is 18.6. The number of halogens is 2. The van der Waals surface area contributed by atoms with Crippen LogP contribution in [0.15, 0.2) is 88.3 Å². The number of thiazole rings is 1. The van der Waals surface area contributed by atoms with E-state index < -0.39 is 0 Å². The van der Waals surface area contributed by atoms with Crippen LogP contribution in [-0.2, 0) is 13.1 Å². The summed E-state index contributed by atoms with van der Waals surface area (Å²) in [4.78, 5) is 14.4. The normalized spacial score (nSPS) is 14.5. The lowest BCUT2D eigenvalue weighted by Crippen LogP contribution is -2.46. The van der Waals surface area contributed by atoms with E-state index in [0.717, 1.165) is 61.3 Å². The SMILES string of the molecule is Clc1ccc(/C=C/c2nc3ccc(N=Cc4ccc5c(c4)CN4CN5Cc5cc(Br)ccc54)cc3s2)cc1. The van der Waals surface area contributed by atoms with Gasteiger partial charge in [-0.2, -0.15) is 0 Å². The Morgan fingerprint density at radius 3 is 2.37 bits per heavy atom. The van der Waals surface area contributed by atoms with Gasteiger partial charge in [0.05, 0.1) is 22.6 Å². The quantitative estimate of drug-likeness (QED) is 0.194. The van der Waals surface area contributed by atoms with Crippen molar-refractivity contribution in [1.82, 2.24) is 4.98 Å². The van der Waals surface area contributed by atoms with E-state index >= 15 is 0 Å². The van der Waals surface area contributed by atoms with Gasteiger partial charge in [-0.25, -0.2) is 4.98 Å². The van der Waals surface area contributed by atoms with E-state index in [9.17, 15) is 0 Å². The van der Waals surface area contributed by atoms with E-state index in [1.165, 1.54) is 22.5 Å². The number of benzene rings is 4. The topological polar surface area (TPSA) is 31.7 Å². The third-order valence-electron chi connectivity index (χ3n) is 6.93. The maximum absolute atomic E-state index is 5.98. The van der Waals surface area contributed by atoms with Crippen LogP contribution in [0, 0.1) is 0 Å². The molecule has 0 amide bonds. The van der Waals surface area contributed by atoms with E-state index in [0.29, 0.717) is 0 Å². The van der Waals surface area contributed by atoms with Crippen molar-refractivity contribution >= 4 is 84.5 Å². The summed E-state index contributed by atoms with van der Waals surface area (Å²) in [5, 5.41) is 1.71. The van der Waals surface area contributed by atoms with Crippen molar-refractivity contribution in [2.24, 2.45) is 4.99 Å². The highest BCUT2D eigenvalue weighted by molar-refractivity contribution is 9.10. The molecule has 0 radical (unpaired) electrons. The number of nitrogens with zero attached hydrogens (tertiary/aromatic N) is 4. The van der Waals surface area contributed by atoms with Gasteiger partial charge < -0.3 is 9.80 Å². The maximum atomic E-state index is 5.98. The second kappa shape index (κ2) is 9.70. The minimum atomic E-state index is 0.739. The molecule has 2 aliphatic rings. The van der Waals surface area contributed by atoms with Crippen LogP contribution < -0.4 is 9.80 Å². The molecule has 1 aromatic heterocycles. The summed E-state index contributed by atoms with van der Waals surface area (Å²) in [7, 11) is 0. The Balaban J connectivity index is 1.10. The standard InChI is InChI=1S/C31H22BrClN4S/c32-24-5-11-29-23(14-24)18-37-19-36(29)17-22-13-21(3-10-28(22)37)16-34-26-8-9-27-30(15-26)38-31(35-27)12-4-20-1-6-25(33)7-2-20/h1-16H,17-19H2/b12-4+,34-16?. The summed E-state index contributed by atoms with van der Waals surface area (Å²) in [5.74, 6) is 0. The van der Waals surface area contributed by atoms with Gasteiger partial charge in [0.1, 0.15) is 5.01 Å². The monoisotopic (exact) mass is 596 g/mol. The summed E-state index contributed by atoms with van der Waals surface area (Å²) in [6, 6.07) is 27.2. The maximum Gasteiger partial charge on any atom is 0.117 e. The van der Waals surface area contributed by atoms with Crippen LogP contribution in [0.2, 0.25) is 5.02 Å². The minimum absolute atomic E-state index is 0.739. The summed E-state index contributed by atoms with van der Waals surface area (Å²) >= 11 is 11.3. The third kappa shape index (κ3) is 4.64. The largest absolute Gasteiger partial charge is 0.349 e. The van der Waals surface area contributed by atoms with Crippen molar-refractivity contribution in [2.75, 3.05) is 16.5 Å². The van der Waals surface area contributed by atoms with Crippen LogP contribution in [0.25, 0.3) is 22.4 Å². The van der Waals surface area contributed by atoms with Crippen molar-refractivity contribution in [3.05, 3.63) is 116 Å². The Morgan fingerprint density at radius 1 is 0.816 bits per heavy atom. The Morgan fingerprint density at radius 2 is 1.55 bits per heavy atom. The predicted molar refractivity (Wildman–Crippen MR) is 165 cm³/mol. The lowest BCUT2D eigenvalue weighted by molar-refractivity contribution is 0.650. The van der Waals surface area contributed by atoms with Crippen LogP contribution in [0.3, 0.4) is 0 Å². The van der Waals surface area contributed by atoms with Crippen LogP contribution in [0.5, 0.6) is 0 Å². The zero-order valence-corrected chi connectivity index (χ0v) is 23.5. The summed E-state index contributed by atoms with van der Waals surface area (Å²) in [5.41, 5.74) is 9.46. The summed E-state index contributed by atoms with van der Waals surface area (Å²) in [6.45, 7) is 2.76. The molecule has 0 saturated heterocycles. The molecule has 3 heterocycles. The molecule has 0 atom stereocenters. The van der Waals surface area contributed by atoms with Crippen LogP contribution >= 0.6 is 38.9 Å². The number of hydrogen-bond acceptors (Lipinski definition) is 5. The number of fused-ring (bicyclic) bond motifs is 7. The minimum Gasteiger partial charge on any atom is -0.349 e. The van der Waals surface area contributed by atoms with Gasteiger partial charge in [0.25, 0.3) is 0 Å². The molecular weight excluding hydrogens is 576 g/mol. The highest BCUT2D eigenvalue weighted by atomic mass is 79.9. The molecule has 7 heteroatoms. The van der Waals surface area contributed by atoms with E-state index in [2.05, 4.69) is 74.3 Å². The molecule has 0 spiro atoms. The molecule has 0 saturated carbocycles. The molecule has 38 heavy (non-hydrogen) atoms. The van der Waals surface area contributed by atoms with Crippen LogP contribution in [0.1, 0.15) is 27.3 Å². The fraction of sp³-hybridized carbons (Fsp3) is 0.0968. The van der Waals surface area contributed by atoms with Crippen LogP contribution in [-0.4, -0.2) is 17.9 Å². The molecule has 7 rings (SSSR count). The van der Waals surface area contributed by atoms with Gasteiger partial charge in [0.15, 0.2) is 0 Å². The third-order valence-corrected chi connectivity index (χ3v) is 8.66. The van der Waals surface area contributed by atoms with Crippen molar-refractivity contribution in [3.8, 4) is 0 Å². The van der Waals surface area contributed by atoms with Gasteiger partial charge in [-0.15, -0.1) is 11.3 Å². The van der Waals surface area contributed by atoms with Crippen molar-refractivity contribution in [1.29, 1.82) is 0 Å². The average molecular weight is 598 g/mol. The fourth-order valence-electron chi connectivity index (χ4n) is 5.12. The van der Waals surface area contributed by atoms with Gasteiger partial charge >= 0.3 is 0 Å². The molecule has 0 unspecified atom stereocenters. The fourth-order valence-corrected chi connectivity index (χ4v) is 6.56. The van der Waals surface area contributed by atoms with Gasteiger partial charge in [0.2, 0.25) is 0 Å². The molecule has 4 nitrogen and oxygen atoms in total. The van der Waals surface area contributed by atoms with E-state index in [1.807, 2.05) is 48.7 Å². The first-order valence-electron chi connectivity index (χ1n) is 12.4. The average Bonchev–Trinajstić information content (AvgIpc) is 3.33. The molecule has 4 aromatic carbocycles. The zero-order valence-electron chi connectivity index (χ0n) is 20.3. The Bertz CT molecular complexity index is 1740. The number of anilines is 2. The highest BCUT2D eigenvalue weighted by Crippen LogP contribution is 2.39. The van der Waals surface area contributed by atoms with Gasteiger partial charge in [0, 0.05) is 40.2 Å².